The van der Waals surface area contributed by atoms with Crippen LogP contribution in [-0.4, -0.2) is 6.21 Å². The van der Waals surface area contributed by atoms with Crippen LogP contribution in [0.2, 0.25) is 0 Å². The largest absolute Gasteiger partial charge is 0.354 e. The van der Waals surface area contributed by atoms with Gasteiger partial charge in [-0.2, -0.15) is 0 Å². The SMILES string of the molecule is C(=Nc1ccccc1)c1ccccc1Nc1ccccc1Sc1ccccc1. The summed E-state index contributed by atoms with van der Waals surface area (Å²) >= 11 is 1.75. The number of aliphatic imine (C=N–C) groups is 1. The summed E-state index contributed by atoms with van der Waals surface area (Å²) in [6.07, 6.45) is 1.91. The van der Waals surface area contributed by atoms with Crippen molar-refractivity contribution in [3.05, 3.63) is 115 Å². The zero-order valence-corrected chi connectivity index (χ0v) is 16.1. The summed E-state index contributed by atoms with van der Waals surface area (Å²) in [4.78, 5) is 7.00. The number of hydrogen-bond acceptors (Lipinski definition) is 3. The smallest absolute Gasteiger partial charge is 0.0629 e. The van der Waals surface area contributed by atoms with E-state index in [-0.39, 0.29) is 0 Å². The number of anilines is 2. The van der Waals surface area contributed by atoms with Crippen molar-refractivity contribution in [1.82, 2.24) is 0 Å². The van der Waals surface area contributed by atoms with E-state index in [0.29, 0.717) is 0 Å². The standard InChI is InChI=1S/C25H20N2S/c1-3-12-21(13-4-1)26-19-20-11-7-8-16-23(20)27-24-17-9-10-18-25(24)28-22-14-5-2-6-15-22/h1-19,27H. The van der Waals surface area contributed by atoms with Crippen LogP contribution in [0.15, 0.2) is 124 Å². The highest BCUT2D eigenvalue weighted by Crippen LogP contribution is 2.35. The number of rotatable bonds is 6. The van der Waals surface area contributed by atoms with Gasteiger partial charge in [0.2, 0.25) is 0 Å². The van der Waals surface area contributed by atoms with Crippen LogP contribution in [0, 0.1) is 0 Å². The fraction of sp³-hybridized carbons (Fsp3) is 0. The van der Waals surface area contributed by atoms with Crippen molar-refractivity contribution in [2.75, 3.05) is 5.32 Å². The Balaban J connectivity index is 1.59. The molecule has 4 rings (SSSR count). The molecule has 4 aromatic rings. The second kappa shape index (κ2) is 9.07. The average molecular weight is 381 g/mol. The van der Waals surface area contributed by atoms with Crippen molar-refractivity contribution in [3.8, 4) is 0 Å². The van der Waals surface area contributed by atoms with Gasteiger partial charge in [-0.25, -0.2) is 0 Å². The minimum absolute atomic E-state index is 0.942. The van der Waals surface area contributed by atoms with E-state index in [1.165, 1.54) is 9.79 Å². The second-order valence-corrected chi connectivity index (χ2v) is 7.33. The maximum atomic E-state index is 4.60. The molecule has 0 heterocycles. The summed E-state index contributed by atoms with van der Waals surface area (Å²) in [7, 11) is 0. The lowest BCUT2D eigenvalue weighted by atomic mass is 10.2. The number of benzene rings is 4. The van der Waals surface area contributed by atoms with Gasteiger partial charge in [-0.15, -0.1) is 0 Å². The first-order valence-electron chi connectivity index (χ1n) is 9.15. The van der Waals surface area contributed by atoms with Crippen LogP contribution in [0.1, 0.15) is 5.56 Å². The quantitative estimate of drug-likeness (QED) is 0.354. The van der Waals surface area contributed by atoms with Crippen molar-refractivity contribution in [2.24, 2.45) is 4.99 Å². The van der Waals surface area contributed by atoms with E-state index < -0.39 is 0 Å². The Kier molecular flexibility index (Phi) is 5.86. The molecule has 0 fully saturated rings. The predicted octanol–water partition coefficient (Wildman–Crippen LogP) is 7.33. The summed E-state index contributed by atoms with van der Waals surface area (Å²) in [5.74, 6) is 0. The number of nitrogens with one attached hydrogen (secondary N) is 1. The molecule has 0 spiro atoms. The molecule has 0 aliphatic heterocycles. The Morgan fingerprint density at radius 2 is 1.21 bits per heavy atom. The molecular weight excluding hydrogens is 360 g/mol. The maximum Gasteiger partial charge on any atom is 0.0629 e. The lowest BCUT2D eigenvalue weighted by Gasteiger charge is -2.13. The maximum absolute atomic E-state index is 4.60. The summed E-state index contributed by atoms with van der Waals surface area (Å²) < 4.78 is 0. The van der Waals surface area contributed by atoms with Crippen LogP contribution < -0.4 is 5.32 Å². The Morgan fingerprint density at radius 3 is 2.00 bits per heavy atom. The first-order valence-corrected chi connectivity index (χ1v) is 9.97. The van der Waals surface area contributed by atoms with Crippen LogP contribution in [0.3, 0.4) is 0 Å². The van der Waals surface area contributed by atoms with Crippen molar-refractivity contribution in [2.45, 2.75) is 9.79 Å². The van der Waals surface area contributed by atoms with E-state index >= 15 is 0 Å². The van der Waals surface area contributed by atoms with Gasteiger partial charge >= 0.3 is 0 Å². The molecular formula is C25H20N2S. The zero-order chi connectivity index (χ0) is 19.0. The lowest BCUT2D eigenvalue weighted by molar-refractivity contribution is 1.38. The van der Waals surface area contributed by atoms with Gasteiger partial charge in [0.15, 0.2) is 0 Å². The molecule has 0 atom stereocenters. The van der Waals surface area contributed by atoms with Crippen molar-refractivity contribution in [3.63, 3.8) is 0 Å². The average Bonchev–Trinajstić information content (AvgIpc) is 2.76. The molecule has 0 unspecified atom stereocenters. The number of nitrogens with zero attached hydrogens (tertiary/aromatic N) is 1. The Bertz CT molecular complexity index is 1060. The minimum Gasteiger partial charge on any atom is -0.354 e. The third-order valence-electron chi connectivity index (χ3n) is 4.20. The highest BCUT2D eigenvalue weighted by atomic mass is 32.2. The Hall–Kier alpha value is -3.30. The molecule has 0 saturated heterocycles. The van der Waals surface area contributed by atoms with Gasteiger partial charge in [0.1, 0.15) is 0 Å². The third kappa shape index (κ3) is 4.70. The molecule has 0 aliphatic carbocycles. The first kappa shape index (κ1) is 18.1. The van der Waals surface area contributed by atoms with Gasteiger partial charge in [-0.3, -0.25) is 4.99 Å². The lowest BCUT2D eigenvalue weighted by Crippen LogP contribution is -1.96. The van der Waals surface area contributed by atoms with Crippen molar-refractivity contribution < 1.29 is 0 Å². The van der Waals surface area contributed by atoms with Crippen LogP contribution in [-0.2, 0) is 0 Å². The van der Waals surface area contributed by atoms with Crippen molar-refractivity contribution >= 4 is 35.0 Å². The molecule has 136 valence electrons. The van der Waals surface area contributed by atoms with Crippen LogP contribution in [0.4, 0.5) is 17.1 Å². The molecule has 0 radical (unpaired) electrons. The summed E-state index contributed by atoms with van der Waals surface area (Å²) in [6, 6.07) is 37.0. The number of para-hydroxylation sites is 3. The van der Waals surface area contributed by atoms with Gasteiger partial charge in [-0.1, -0.05) is 78.5 Å². The third-order valence-corrected chi connectivity index (χ3v) is 5.28. The Morgan fingerprint density at radius 1 is 0.607 bits per heavy atom. The predicted molar refractivity (Wildman–Crippen MR) is 120 cm³/mol. The normalized spacial score (nSPS) is 10.9. The molecule has 2 nitrogen and oxygen atoms in total. The van der Waals surface area contributed by atoms with Gasteiger partial charge < -0.3 is 5.32 Å². The molecule has 4 aromatic carbocycles. The molecule has 0 amide bonds. The molecule has 0 bridgehead atoms. The fourth-order valence-corrected chi connectivity index (χ4v) is 3.72. The van der Waals surface area contributed by atoms with Gasteiger partial charge in [0.05, 0.1) is 11.4 Å². The van der Waals surface area contributed by atoms with Crippen LogP contribution in [0.5, 0.6) is 0 Å². The highest BCUT2D eigenvalue weighted by Gasteiger charge is 2.06. The molecule has 1 N–H and O–H groups in total. The van der Waals surface area contributed by atoms with Crippen molar-refractivity contribution in [1.29, 1.82) is 0 Å². The van der Waals surface area contributed by atoms with E-state index in [9.17, 15) is 0 Å². The molecule has 3 heteroatoms. The second-order valence-electron chi connectivity index (χ2n) is 6.22. The van der Waals surface area contributed by atoms with E-state index in [2.05, 4.69) is 71.0 Å². The topological polar surface area (TPSA) is 24.4 Å². The van der Waals surface area contributed by atoms with Gasteiger partial charge in [0.25, 0.3) is 0 Å². The van der Waals surface area contributed by atoms with Crippen LogP contribution in [0.25, 0.3) is 0 Å². The molecule has 28 heavy (non-hydrogen) atoms. The monoisotopic (exact) mass is 380 g/mol. The van der Waals surface area contributed by atoms with Gasteiger partial charge in [0, 0.05) is 27.3 Å². The fourth-order valence-electron chi connectivity index (χ4n) is 2.80. The first-order chi connectivity index (χ1) is 13.9. The minimum atomic E-state index is 0.942. The van der Waals surface area contributed by atoms with Gasteiger partial charge in [-0.05, 0) is 42.5 Å². The zero-order valence-electron chi connectivity index (χ0n) is 15.3. The van der Waals surface area contributed by atoms with E-state index in [0.717, 1.165) is 22.6 Å². The van der Waals surface area contributed by atoms with E-state index in [1.54, 1.807) is 11.8 Å². The highest BCUT2D eigenvalue weighted by molar-refractivity contribution is 7.99. The Labute approximate surface area is 170 Å². The summed E-state index contributed by atoms with van der Waals surface area (Å²) in [6.45, 7) is 0. The molecule has 0 aromatic heterocycles. The summed E-state index contributed by atoms with van der Waals surface area (Å²) in [5, 5.41) is 3.59. The molecule has 0 aliphatic rings. The summed E-state index contributed by atoms with van der Waals surface area (Å²) in [5.41, 5.74) is 4.10. The van der Waals surface area contributed by atoms with E-state index in [1.807, 2.05) is 54.7 Å². The van der Waals surface area contributed by atoms with E-state index in [4.69, 9.17) is 0 Å². The number of hydrogen-bond donors (Lipinski definition) is 1. The molecule has 0 saturated carbocycles. The van der Waals surface area contributed by atoms with Crippen LogP contribution >= 0.6 is 11.8 Å².